The van der Waals surface area contributed by atoms with Gasteiger partial charge in [-0.25, -0.2) is 0 Å². The molecular weight excluding hydrogens is 515 g/mol. The number of benzene rings is 3. The van der Waals surface area contributed by atoms with Gasteiger partial charge in [-0.1, -0.05) is 60.7 Å². The van der Waals surface area contributed by atoms with E-state index in [-0.39, 0.29) is 23.3 Å². The molecule has 1 spiro atoms. The summed E-state index contributed by atoms with van der Waals surface area (Å²) in [5.74, 6) is 0.236. The molecule has 3 aliphatic rings. The lowest BCUT2D eigenvalue weighted by Crippen LogP contribution is -2.63. The lowest BCUT2D eigenvalue weighted by atomic mass is 9.66. The lowest BCUT2D eigenvalue weighted by Gasteiger charge is -2.56. The normalized spacial score (nSPS) is 28.4. The minimum Gasteiger partial charge on any atom is -0.491 e. The summed E-state index contributed by atoms with van der Waals surface area (Å²) >= 11 is 0. The van der Waals surface area contributed by atoms with Crippen molar-refractivity contribution in [1.82, 2.24) is 4.90 Å². The van der Waals surface area contributed by atoms with Gasteiger partial charge in [0.15, 0.2) is 0 Å². The largest absolute Gasteiger partial charge is 0.573 e. The molecule has 6 rings (SSSR count). The molecule has 3 aromatic rings. The smallest absolute Gasteiger partial charge is 0.491 e. The Kier molecular flexibility index (Phi) is 7.07. The van der Waals surface area contributed by atoms with E-state index in [1.807, 2.05) is 26.0 Å². The van der Waals surface area contributed by atoms with Crippen molar-refractivity contribution in [1.29, 1.82) is 0 Å². The van der Waals surface area contributed by atoms with Gasteiger partial charge in [0.1, 0.15) is 11.5 Å². The van der Waals surface area contributed by atoms with Gasteiger partial charge in [-0.3, -0.25) is 4.90 Å². The van der Waals surface area contributed by atoms with Crippen LogP contribution in [0.25, 0.3) is 0 Å². The SMILES string of the molecule is CC(C)Oc1ccc(OC(F)(F)F)cc1[C@H]1CO[C@]2(CC[C@H]3CC[C@]2(c2ccccc2)N3Cc2ccccc2)C1. The number of halogens is 3. The van der Waals surface area contributed by atoms with Gasteiger partial charge < -0.3 is 14.2 Å². The van der Waals surface area contributed by atoms with E-state index in [0.29, 0.717) is 30.4 Å². The Morgan fingerprint density at radius 1 is 0.950 bits per heavy atom. The van der Waals surface area contributed by atoms with Gasteiger partial charge in [-0.05, 0) is 75.3 Å². The summed E-state index contributed by atoms with van der Waals surface area (Å²) in [4.78, 5) is 2.66. The molecule has 3 aliphatic heterocycles. The molecular formula is C33H36F3NO3. The van der Waals surface area contributed by atoms with Crippen LogP contribution in [0, 0.1) is 0 Å². The van der Waals surface area contributed by atoms with E-state index >= 15 is 0 Å². The van der Waals surface area contributed by atoms with E-state index in [0.717, 1.165) is 32.2 Å². The third kappa shape index (κ3) is 4.88. The van der Waals surface area contributed by atoms with Crippen LogP contribution in [0.5, 0.6) is 11.5 Å². The number of nitrogens with zero attached hydrogens (tertiary/aromatic N) is 1. The Labute approximate surface area is 234 Å². The zero-order valence-electron chi connectivity index (χ0n) is 23.0. The number of rotatable bonds is 7. The standard InChI is InChI=1S/C33H36F3NO3/c1-23(2)39-30-14-13-28(40-33(34,35)36)19-29(30)25-20-31(38-22-25)17-15-27-16-18-32(31,26-11-7-4-8-12-26)37(27)21-24-9-5-3-6-10-24/h3-14,19,23,25,27H,15-18,20-22H2,1-2H3/t25-,27+,31-,32-/m1/s1. The highest BCUT2D eigenvalue weighted by Gasteiger charge is 2.66. The maximum absolute atomic E-state index is 13.1. The Morgan fingerprint density at radius 3 is 2.35 bits per heavy atom. The summed E-state index contributed by atoms with van der Waals surface area (Å²) in [6.45, 7) is 5.08. The van der Waals surface area contributed by atoms with Crippen LogP contribution in [-0.4, -0.2) is 35.6 Å². The zero-order valence-corrected chi connectivity index (χ0v) is 23.0. The molecule has 0 saturated carbocycles. The van der Waals surface area contributed by atoms with Crippen molar-refractivity contribution in [3.8, 4) is 11.5 Å². The number of hydrogen-bond acceptors (Lipinski definition) is 4. The van der Waals surface area contributed by atoms with Crippen molar-refractivity contribution >= 4 is 0 Å². The zero-order chi connectivity index (χ0) is 28.0. The number of alkyl halides is 3. The Balaban J connectivity index is 1.40. The van der Waals surface area contributed by atoms with Crippen molar-refractivity contribution in [2.75, 3.05) is 6.61 Å². The fraction of sp³-hybridized carbons (Fsp3) is 0.455. The van der Waals surface area contributed by atoms with E-state index in [1.165, 1.54) is 23.3 Å². The van der Waals surface area contributed by atoms with Gasteiger partial charge in [0, 0.05) is 24.1 Å². The number of piperidine rings is 1. The lowest BCUT2D eigenvalue weighted by molar-refractivity contribution is -0.274. The van der Waals surface area contributed by atoms with E-state index < -0.39 is 12.0 Å². The summed E-state index contributed by atoms with van der Waals surface area (Å²) in [6.07, 6.45) is -0.172. The second-order valence-electron chi connectivity index (χ2n) is 11.7. The maximum Gasteiger partial charge on any atom is 0.573 e. The maximum atomic E-state index is 13.1. The first-order chi connectivity index (χ1) is 19.2. The summed E-state index contributed by atoms with van der Waals surface area (Å²) in [7, 11) is 0. The third-order valence-electron chi connectivity index (χ3n) is 9.01. The van der Waals surface area contributed by atoms with Crippen LogP contribution >= 0.6 is 0 Å². The summed E-state index contributed by atoms with van der Waals surface area (Å²) < 4.78 is 56.7. The molecule has 0 radical (unpaired) electrons. The van der Waals surface area contributed by atoms with E-state index in [9.17, 15) is 13.2 Å². The molecule has 0 N–H and O–H groups in total. The van der Waals surface area contributed by atoms with Crippen molar-refractivity contribution < 1.29 is 27.4 Å². The minimum atomic E-state index is -4.76. The molecule has 40 heavy (non-hydrogen) atoms. The van der Waals surface area contributed by atoms with Gasteiger partial charge in [0.25, 0.3) is 0 Å². The molecule has 4 atom stereocenters. The Hall–Kier alpha value is -3.03. The molecule has 0 unspecified atom stereocenters. The average molecular weight is 552 g/mol. The fourth-order valence-electron chi connectivity index (χ4n) is 7.56. The van der Waals surface area contributed by atoms with Crippen LogP contribution in [0.1, 0.15) is 68.6 Å². The van der Waals surface area contributed by atoms with E-state index in [1.54, 1.807) is 6.07 Å². The summed E-state index contributed by atoms with van der Waals surface area (Å²) in [5.41, 5.74) is 2.43. The minimum absolute atomic E-state index is 0.119. The molecule has 3 fully saturated rings. The molecule has 4 nitrogen and oxygen atoms in total. The number of ether oxygens (including phenoxy) is 3. The molecule has 0 aliphatic carbocycles. The van der Waals surface area contributed by atoms with Crippen molar-refractivity contribution in [2.24, 2.45) is 0 Å². The molecule has 2 bridgehead atoms. The molecule has 3 saturated heterocycles. The predicted octanol–water partition coefficient (Wildman–Crippen LogP) is 7.97. The van der Waals surface area contributed by atoms with Crippen molar-refractivity contribution in [3.05, 3.63) is 95.6 Å². The fourth-order valence-corrected chi connectivity index (χ4v) is 7.56. The van der Waals surface area contributed by atoms with Crippen LogP contribution in [0.4, 0.5) is 13.2 Å². The van der Waals surface area contributed by atoms with E-state index in [4.69, 9.17) is 9.47 Å². The summed E-state index contributed by atoms with van der Waals surface area (Å²) in [5, 5.41) is 0. The highest BCUT2D eigenvalue weighted by atomic mass is 19.4. The molecule has 7 heteroatoms. The van der Waals surface area contributed by atoms with Gasteiger partial charge >= 0.3 is 6.36 Å². The third-order valence-corrected chi connectivity index (χ3v) is 9.01. The highest BCUT2D eigenvalue weighted by molar-refractivity contribution is 5.45. The summed E-state index contributed by atoms with van der Waals surface area (Å²) in [6, 6.07) is 26.1. The van der Waals surface area contributed by atoms with Crippen molar-refractivity contribution in [3.63, 3.8) is 0 Å². The van der Waals surface area contributed by atoms with Gasteiger partial charge in [0.05, 0.1) is 23.9 Å². The number of fused-ring (bicyclic) bond motifs is 3. The quantitative estimate of drug-likeness (QED) is 0.298. The molecule has 3 aromatic carbocycles. The first-order valence-electron chi connectivity index (χ1n) is 14.3. The van der Waals surface area contributed by atoms with Gasteiger partial charge in [-0.15, -0.1) is 13.2 Å². The molecule has 0 aromatic heterocycles. The van der Waals surface area contributed by atoms with Gasteiger partial charge in [0.2, 0.25) is 0 Å². The highest BCUT2D eigenvalue weighted by Crippen LogP contribution is 2.62. The monoisotopic (exact) mass is 551 g/mol. The van der Waals surface area contributed by atoms with Crippen LogP contribution in [0.15, 0.2) is 78.9 Å². The Bertz CT molecular complexity index is 1320. The van der Waals surface area contributed by atoms with Crippen LogP contribution < -0.4 is 9.47 Å². The Morgan fingerprint density at radius 2 is 1.65 bits per heavy atom. The average Bonchev–Trinajstić information content (AvgIpc) is 3.46. The first kappa shape index (κ1) is 27.2. The van der Waals surface area contributed by atoms with Gasteiger partial charge in [-0.2, -0.15) is 0 Å². The van der Waals surface area contributed by atoms with Crippen LogP contribution in [-0.2, 0) is 16.8 Å². The number of hydrogen-bond donors (Lipinski definition) is 0. The molecule has 0 amide bonds. The van der Waals surface area contributed by atoms with Crippen LogP contribution in [0.3, 0.4) is 0 Å². The first-order valence-corrected chi connectivity index (χ1v) is 14.3. The topological polar surface area (TPSA) is 30.9 Å². The van der Waals surface area contributed by atoms with Crippen molar-refractivity contribution in [2.45, 2.75) is 88.1 Å². The molecule has 212 valence electrons. The van der Waals surface area contributed by atoms with Crippen LogP contribution in [0.2, 0.25) is 0 Å². The second-order valence-corrected chi connectivity index (χ2v) is 11.7. The second kappa shape index (κ2) is 10.4. The molecule has 3 heterocycles. The van der Waals surface area contributed by atoms with E-state index in [2.05, 4.69) is 58.2 Å². The predicted molar refractivity (Wildman–Crippen MR) is 147 cm³/mol.